The lowest BCUT2D eigenvalue weighted by Gasteiger charge is -2.13. The van der Waals surface area contributed by atoms with E-state index in [1.807, 2.05) is 6.07 Å². The summed E-state index contributed by atoms with van der Waals surface area (Å²) in [7, 11) is 0. The molecule has 0 radical (unpaired) electrons. The van der Waals surface area contributed by atoms with Gasteiger partial charge in [0.05, 0.1) is 27.8 Å². The molecule has 0 saturated heterocycles. The van der Waals surface area contributed by atoms with Crippen LogP contribution in [0.2, 0.25) is 0 Å². The average molecular weight is 689 g/mol. The third kappa shape index (κ3) is 4.85. The molecular formula is C50H32N4. The van der Waals surface area contributed by atoms with Crippen LogP contribution in [0.5, 0.6) is 0 Å². The Labute approximate surface area is 311 Å². The van der Waals surface area contributed by atoms with E-state index >= 15 is 0 Å². The monoisotopic (exact) mass is 688 g/mol. The molecule has 0 unspecified atom stereocenters. The third-order valence-electron chi connectivity index (χ3n) is 10.7. The Hall–Kier alpha value is -7.30. The third-order valence-corrected chi connectivity index (χ3v) is 10.7. The first-order chi connectivity index (χ1) is 26.8. The molecular weight excluding hydrogens is 657 g/mol. The van der Waals surface area contributed by atoms with Gasteiger partial charge in [-0.15, -0.1) is 0 Å². The molecule has 3 heterocycles. The molecule has 0 aliphatic rings. The summed E-state index contributed by atoms with van der Waals surface area (Å²) in [5, 5.41) is 7.08. The number of fused-ring (bicyclic) bond motifs is 7. The van der Waals surface area contributed by atoms with E-state index in [9.17, 15) is 0 Å². The summed E-state index contributed by atoms with van der Waals surface area (Å²) in [6, 6.07) is 66.9. The van der Waals surface area contributed by atoms with Crippen molar-refractivity contribution in [2.75, 3.05) is 0 Å². The zero-order valence-corrected chi connectivity index (χ0v) is 29.3. The second-order valence-corrected chi connectivity index (χ2v) is 13.9. The molecule has 252 valence electrons. The fourth-order valence-electron chi connectivity index (χ4n) is 8.13. The van der Waals surface area contributed by atoms with Crippen LogP contribution < -0.4 is 0 Å². The lowest BCUT2D eigenvalue weighted by Crippen LogP contribution is -1.99. The number of benzene rings is 8. The largest absolute Gasteiger partial charge is 0.315 e. The topological polar surface area (TPSA) is 35.6 Å². The van der Waals surface area contributed by atoms with Crippen molar-refractivity contribution in [2.24, 2.45) is 0 Å². The van der Waals surface area contributed by atoms with Crippen LogP contribution in [-0.4, -0.2) is 19.1 Å². The Balaban J connectivity index is 1.04. The molecule has 0 fully saturated rings. The molecule has 4 nitrogen and oxygen atoms in total. The molecule has 4 heteroatoms. The van der Waals surface area contributed by atoms with E-state index in [4.69, 9.17) is 9.97 Å². The lowest BCUT2D eigenvalue weighted by atomic mass is 9.98. The van der Waals surface area contributed by atoms with Crippen LogP contribution in [0.25, 0.3) is 99.5 Å². The van der Waals surface area contributed by atoms with Crippen LogP contribution in [-0.2, 0) is 0 Å². The van der Waals surface area contributed by atoms with Gasteiger partial charge in [-0.2, -0.15) is 0 Å². The van der Waals surface area contributed by atoms with Gasteiger partial charge in [0.1, 0.15) is 0 Å². The molecule has 0 amide bonds. The Morgan fingerprint density at radius 3 is 1.83 bits per heavy atom. The molecule has 0 aliphatic carbocycles. The molecule has 0 saturated carbocycles. The summed E-state index contributed by atoms with van der Waals surface area (Å²) in [6.45, 7) is 0. The minimum Gasteiger partial charge on any atom is -0.315 e. The predicted octanol–water partition coefficient (Wildman–Crippen LogP) is 12.8. The number of para-hydroxylation sites is 3. The highest BCUT2D eigenvalue weighted by Crippen LogP contribution is 2.39. The van der Waals surface area contributed by atoms with Crippen molar-refractivity contribution in [3.8, 4) is 45.1 Å². The van der Waals surface area contributed by atoms with E-state index in [-0.39, 0.29) is 0 Å². The number of rotatable bonds is 5. The van der Waals surface area contributed by atoms with Gasteiger partial charge in [-0.05, 0) is 88.6 Å². The van der Waals surface area contributed by atoms with Crippen LogP contribution in [0.4, 0.5) is 0 Å². The molecule has 11 aromatic rings. The smallest absolute Gasteiger partial charge is 0.160 e. The van der Waals surface area contributed by atoms with E-state index in [0.29, 0.717) is 5.82 Å². The summed E-state index contributed by atoms with van der Waals surface area (Å²) >= 11 is 0. The van der Waals surface area contributed by atoms with Crippen LogP contribution >= 0.6 is 0 Å². The van der Waals surface area contributed by atoms with Crippen LogP contribution in [0, 0.1) is 0 Å². The Kier molecular flexibility index (Phi) is 6.82. The van der Waals surface area contributed by atoms with Gasteiger partial charge in [-0.25, -0.2) is 9.97 Å². The van der Waals surface area contributed by atoms with E-state index in [1.54, 1.807) is 0 Å². The summed E-state index contributed by atoms with van der Waals surface area (Å²) < 4.78 is 4.71. The molecule has 0 spiro atoms. The van der Waals surface area contributed by atoms with Gasteiger partial charge in [-0.1, -0.05) is 121 Å². The first-order valence-electron chi connectivity index (χ1n) is 18.3. The van der Waals surface area contributed by atoms with Crippen molar-refractivity contribution < 1.29 is 0 Å². The fraction of sp³-hybridized carbons (Fsp3) is 0. The SMILES string of the molecule is c1ccc(-c2ccc3cc(-c4nc(-c5ccc(-n6c7ccccc7c7ccc8ccn(-c9ccccc9)c8c76)cc5)nc5ccccc45)ccc3c2)cc1. The van der Waals surface area contributed by atoms with E-state index in [2.05, 4.69) is 197 Å². The highest BCUT2D eigenvalue weighted by Gasteiger charge is 2.19. The van der Waals surface area contributed by atoms with Crippen molar-refractivity contribution in [1.82, 2.24) is 19.1 Å². The van der Waals surface area contributed by atoms with Gasteiger partial charge in [-0.3, -0.25) is 0 Å². The van der Waals surface area contributed by atoms with Gasteiger partial charge >= 0.3 is 0 Å². The summed E-state index contributed by atoms with van der Waals surface area (Å²) in [4.78, 5) is 10.4. The normalized spacial score (nSPS) is 11.7. The van der Waals surface area contributed by atoms with Crippen LogP contribution in [0.1, 0.15) is 0 Å². The summed E-state index contributed by atoms with van der Waals surface area (Å²) in [6.07, 6.45) is 2.18. The Morgan fingerprint density at radius 2 is 1.02 bits per heavy atom. The minimum atomic E-state index is 0.706. The van der Waals surface area contributed by atoms with Crippen LogP contribution in [0.3, 0.4) is 0 Å². The highest BCUT2D eigenvalue weighted by atomic mass is 15.0. The predicted molar refractivity (Wildman–Crippen MR) is 225 cm³/mol. The average Bonchev–Trinajstić information content (AvgIpc) is 3.83. The van der Waals surface area contributed by atoms with Gasteiger partial charge < -0.3 is 9.13 Å². The van der Waals surface area contributed by atoms with Crippen molar-refractivity contribution in [3.63, 3.8) is 0 Å². The van der Waals surface area contributed by atoms with Gasteiger partial charge in [0, 0.05) is 50.2 Å². The zero-order valence-electron chi connectivity index (χ0n) is 29.3. The van der Waals surface area contributed by atoms with E-state index in [0.717, 1.165) is 39.1 Å². The van der Waals surface area contributed by atoms with Crippen molar-refractivity contribution in [1.29, 1.82) is 0 Å². The molecule has 3 aromatic heterocycles. The zero-order chi connectivity index (χ0) is 35.6. The van der Waals surface area contributed by atoms with Crippen molar-refractivity contribution >= 4 is 54.4 Å². The van der Waals surface area contributed by atoms with Gasteiger partial charge in [0.25, 0.3) is 0 Å². The number of hydrogen-bond acceptors (Lipinski definition) is 2. The minimum absolute atomic E-state index is 0.706. The number of hydrogen-bond donors (Lipinski definition) is 0. The Bertz CT molecular complexity index is 3190. The first-order valence-corrected chi connectivity index (χ1v) is 18.3. The number of aromatic nitrogens is 4. The summed E-state index contributed by atoms with van der Waals surface area (Å²) in [5.41, 5.74) is 12.1. The maximum absolute atomic E-state index is 5.26. The fourth-order valence-corrected chi connectivity index (χ4v) is 8.13. The molecule has 0 aliphatic heterocycles. The van der Waals surface area contributed by atoms with Gasteiger partial charge in [0.15, 0.2) is 5.82 Å². The highest BCUT2D eigenvalue weighted by molar-refractivity contribution is 6.18. The number of nitrogens with zero attached hydrogens (tertiary/aromatic N) is 4. The molecule has 11 rings (SSSR count). The molecule has 0 bridgehead atoms. The molecule has 54 heavy (non-hydrogen) atoms. The first kappa shape index (κ1) is 30.3. The van der Waals surface area contributed by atoms with E-state index < -0.39 is 0 Å². The Morgan fingerprint density at radius 1 is 0.370 bits per heavy atom. The quantitative estimate of drug-likeness (QED) is 0.180. The van der Waals surface area contributed by atoms with Crippen molar-refractivity contribution in [2.45, 2.75) is 0 Å². The maximum atomic E-state index is 5.26. The second-order valence-electron chi connectivity index (χ2n) is 13.9. The van der Waals surface area contributed by atoms with E-state index in [1.165, 1.54) is 54.6 Å². The molecule has 0 N–H and O–H groups in total. The maximum Gasteiger partial charge on any atom is 0.160 e. The lowest BCUT2D eigenvalue weighted by molar-refractivity contribution is 1.11. The molecule has 8 aromatic carbocycles. The summed E-state index contributed by atoms with van der Waals surface area (Å²) in [5.74, 6) is 0.706. The standard InChI is InChI=1S/C50H32N4/c1-3-11-33(12-4-1)36-19-20-38-32-39(22-21-37(38)31-36)47-44-16-7-9-17-45(44)51-50(52-47)35-23-26-41(27-24-35)54-46-18-10-8-15-42(46)43-28-25-34-29-30-53(48(34)49(43)54)40-13-5-2-6-14-40/h1-32H. The van der Waals surface area contributed by atoms with Crippen molar-refractivity contribution in [3.05, 3.63) is 194 Å². The molecule has 0 atom stereocenters. The van der Waals surface area contributed by atoms with Gasteiger partial charge in [0.2, 0.25) is 0 Å². The van der Waals surface area contributed by atoms with Crippen LogP contribution in [0.15, 0.2) is 194 Å². The second kappa shape index (κ2) is 12.1.